The number of aromatic amines is 1. The van der Waals surface area contributed by atoms with Crippen LogP contribution in [0.25, 0.3) is 0 Å². The summed E-state index contributed by atoms with van der Waals surface area (Å²) in [7, 11) is 0. The lowest BCUT2D eigenvalue weighted by molar-refractivity contribution is 0.307. The molecule has 2 saturated carbocycles. The minimum absolute atomic E-state index is 0.0712. The highest BCUT2D eigenvalue weighted by Crippen LogP contribution is 2.64. The normalized spacial score (nSPS) is 35.4. The minimum Gasteiger partial charge on any atom is -0.307 e. The molecule has 2 aromatic rings. The van der Waals surface area contributed by atoms with Crippen molar-refractivity contribution in [3.8, 4) is 0 Å². The molecule has 0 amide bonds. The number of thioether (sulfide) groups is 1. The van der Waals surface area contributed by atoms with E-state index >= 15 is 0 Å². The van der Waals surface area contributed by atoms with Crippen molar-refractivity contribution < 1.29 is 0 Å². The Hall–Kier alpha value is -0.710. The molecule has 2 fully saturated rings. The van der Waals surface area contributed by atoms with Gasteiger partial charge in [0.15, 0.2) is 0 Å². The van der Waals surface area contributed by atoms with Crippen molar-refractivity contribution >= 4 is 34.7 Å². The zero-order chi connectivity index (χ0) is 14.8. The Kier molecular flexibility index (Phi) is 3.05. The second kappa shape index (κ2) is 4.89. The molecule has 1 aromatic heterocycles. The van der Waals surface area contributed by atoms with Gasteiger partial charge in [-0.25, -0.2) is 0 Å². The highest BCUT2D eigenvalue weighted by molar-refractivity contribution is 8.00. The third-order valence-corrected chi connectivity index (χ3v) is 8.67. The quantitative estimate of drug-likeness (QED) is 0.806. The lowest BCUT2D eigenvalue weighted by Gasteiger charge is -2.40. The molecule has 2 aliphatic carbocycles. The van der Waals surface area contributed by atoms with E-state index in [-0.39, 0.29) is 4.87 Å². The monoisotopic (exact) mass is 349 g/mol. The summed E-state index contributed by atoms with van der Waals surface area (Å²) in [6.45, 7) is 0. The number of rotatable bonds is 1. The molecule has 3 aliphatic rings. The van der Waals surface area contributed by atoms with E-state index in [0.29, 0.717) is 17.1 Å². The number of aromatic nitrogens is 1. The topological polar surface area (TPSA) is 32.9 Å². The summed E-state index contributed by atoms with van der Waals surface area (Å²) >= 11 is 9.85. The van der Waals surface area contributed by atoms with Crippen LogP contribution in [0.4, 0.5) is 0 Å². The lowest BCUT2D eigenvalue weighted by Crippen LogP contribution is -2.33. The van der Waals surface area contributed by atoms with Gasteiger partial charge in [-0.1, -0.05) is 41.1 Å². The maximum atomic E-state index is 11.9. The number of halogens is 1. The van der Waals surface area contributed by atoms with Crippen molar-refractivity contribution in [3.05, 3.63) is 49.4 Å². The number of hydrogen-bond donors (Lipinski definition) is 1. The Morgan fingerprint density at radius 3 is 2.86 bits per heavy atom. The summed E-state index contributed by atoms with van der Waals surface area (Å²) in [4.78, 5) is 16.3. The molecule has 1 aromatic carbocycles. The Morgan fingerprint density at radius 2 is 2.00 bits per heavy atom. The van der Waals surface area contributed by atoms with Gasteiger partial charge in [0.2, 0.25) is 0 Å². The number of H-pyrrole nitrogens is 1. The molecule has 0 spiro atoms. The number of benzene rings is 1. The van der Waals surface area contributed by atoms with E-state index in [9.17, 15) is 4.79 Å². The Bertz CT molecular complexity index is 798. The van der Waals surface area contributed by atoms with Crippen molar-refractivity contribution in [1.82, 2.24) is 4.98 Å². The van der Waals surface area contributed by atoms with Gasteiger partial charge in [-0.2, -0.15) is 0 Å². The molecule has 2 bridgehead atoms. The van der Waals surface area contributed by atoms with E-state index in [4.69, 9.17) is 11.6 Å². The van der Waals surface area contributed by atoms with Crippen molar-refractivity contribution in [2.75, 3.05) is 0 Å². The lowest BCUT2D eigenvalue weighted by atomic mass is 9.75. The van der Waals surface area contributed by atoms with Gasteiger partial charge in [-0.3, -0.25) is 4.79 Å². The molecule has 5 atom stereocenters. The van der Waals surface area contributed by atoms with Crippen LogP contribution in [-0.2, 0) is 0 Å². The fraction of sp³-hybridized carbons (Fsp3) is 0.471. The highest BCUT2D eigenvalue weighted by atomic mass is 35.5. The summed E-state index contributed by atoms with van der Waals surface area (Å²) in [5.74, 6) is 2.56. The van der Waals surface area contributed by atoms with Crippen LogP contribution in [0.2, 0.25) is 5.02 Å². The number of nitrogens with one attached hydrogen (secondary N) is 1. The molecule has 1 aliphatic heterocycles. The molecule has 5 heteroatoms. The first-order valence-corrected chi connectivity index (χ1v) is 9.94. The van der Waals surface area contributed by atoms with Gasteiger partial charge in [0.25, 0.3) is 0 Å². The summed E-state index contributed by atoms with van der Waals surface area (Å²) in [6.07, 6.45) is 4.07. The van der Waals surface area contributed by atoms with E-state index in [1.807, 2.05) is 23.9 Å². The first kappa shape index (κ1) is 13.7. The zero-order valence-electron chi connectivity index (χ0n) is 11.9. The largest absolute Gasteiger partial charge is 0.307 e. The Morgan fingerprint density at radius 1 is 1.18 bits per heavy atom. The van der Waals surface area contributed by atoms with Crippen LogP contribution in [0, 0.1) is 17.8 Å². The maximum absolute atomic E-state index is 11.9. The van der Waals surface area contributed by atoms with Crippen molar-refractivity contribution in [2.45, 2.75) is 35.5 Å². The fourth-order valence-corrected chi connectivity index (χ4v) is 8.06. The molecule has 1 N–H and O–H groups in total. The number of fused-ring (bicyclic) bond motifs is 6. The second-order valence-corrected chi connectivity index (χ2v) is 9.31. The zero-order valence-corrected chi connectivity index (χ0v) is 14.3. The molecule has 0 saturated heterocycles. The van der Waals surface area contributed by atoms with E-state index in [2.05, 4.69) is 17.1 Å². The number of thiazole rings is 1. The van der Waals surface area contributed by atoms with E-state index in [1.165, 1.54) is 41.0 Å². The molecule has 114 valence electrons. The fourth-order valence-electron chi connectivity index (χ4n) is 4.92. The molecular formula is C17H16ClNOS2. The molecule has 5 rings (SSSR count). The van der Waals surface area contributed by atoms with Crippen LogP contribution in [0.15, 0.2) is 34.1 Å². The SMILES string of the molecule is O=c1[nH]c2c(s1)[C@@H](c1ccccc1Cl)[C@H]1[C@@H]3CC[C@H](C3)[C@H]1S2. The van der Waals surface area contributed by atoms with Gasteiger partial charge < -0.3 is 4.98 Å². The molecule has 2 heterocycles. The van der Waals surface area contributed by atoms with Crippen molar-refractivity contribution in [3.63, 3.8) is 0 Å². The summed E-state index contributed by atoms with van der Waals surface area (Å²) in [6, 6.07) is 8.19. The van der Waals surface area contributed by atoms with Crippen LogP contribution in [0.5, 0.6) is 0 Å². The Labute approximate surface area is 142 Å². The first-order valence-electron chi connectivity index (χ1n) is 7.86. The van der Waals surface area contributed by atoms with Crippen LogP contribution < -0.4 is 4.87 Å². The molecule has 0 radical (unpaired) electrons. The van der Waals surface area contributed by atoms with Gasteiger partial charge in [0.1, 0.15) is 0 Å². The average Bonchev–Trinajstić information content (AvgIpc) is 3.19. The standard InChI is InChI=1S/C17H16ClNOS2/c18-11-4-2-1-3-10(11)13-12-8-5-6-9(7-8)14(12)21-16-15(13)22-17(20)19-16/h1-4,8-9,12-14H,5-7H2,(H,19,20)/t8-,9-,12-,13+,14-/m1/s1. The molecule has 2 nitrogen and oxygen atoms in total. The van der Waals surface area contributed by atoms with E-state index in [0.717, 1.165) is 21.9 Å². The van der Waals surface area contributed by atoms with Gasteiger partial charge in [0, 0.05) is 21.1 Å². The minimum atomic E-state index is 0.0712. The number of hydrogen-bond acceptors (Lipinski definition) is 3. The van der Waals surface area contributed by atoms with Crippen LogP contribution in [0.3, 0.4) is 0 Å². The first-order chi connectivity index (χ1) is 10.7. The third-order valence-electron chi connectivity index (χ3n) is 5.71. The highest BCUT2D eigenvalue weighted by Gasteiger charge is 2.54. The van der Waals surface area contributed by atoms with Gasteiger partial charge >= 0.3 is 4.87 Å². The van der Waals surface area contributed by atoms with Gasteiger partial charge in [-0.05, 0) is 48.6 Å². The smallest absolute Gasteiger partial charge is 0.305 e. The van der Waals surface area contributed by atoms with Crippen molar-refractivity contribution in [2.24, 2.45) is 17.8 Å². The molecule has 22 heavy (non-hydrogen) atoms. The second-order valence-electron chi connectivity index (χ2n) is 6.70. The predicted molar refractivity (Wildman–Crippen MR) is 92.2 cm³/mol. The van der Waals surface area contributed by atoms with Crippen LogP contribution in [0.1, 0.15) is 35.6 Å². The average molecular weight is 350 g/mol. The third kappa shape index (κ3) is 1.84. The molecule has 0 unspecified atom stereocenters. The van der Waals surface area contributed by atoms with Crippen molar-refractivity contribution in [1.29, 1.82) is 0 Å². The van der Waals surface area contributed by atoms with Gasteiger partial charge in [0.05, 0.1) is 5.03 Å². The summed E-state index contributed by atoms with van der Waals surface area (Å²) < 4.78 is 0. The van der Waals surface area contributed by atoms with Crippen LogP contribution >= 0.6 is 34.7 Å². The summed E-state index contributed by atoms with van der Waals surface area (Å²) in [5.41, 5.74) is 1.21. The van der Waals surface area contributed by atoms with Crippen LogP contribution in [-0.4, -0.2) is 10.2 Å². The predicted octanol–water partition coefficient (Wildman–Crippen LogP) is 4.74. The van der Waals surface area contributed by atoms with E-state index in [1.54, 1.807) is 0 Å². The maximum Gasteiger partial charge on any atom is 0.305 e. The van der Waals surface area contributed by atoms with Gasteiger partial charge in [-0.15, -0.1) is 11.8 Å². The summed E-state index contributed by atoms with van der Waals surface area (Å²) in [5, 5.41) is 2.60. The van der Waals surface area contributed by atoms with E-state index < -0.39 is 0 Å². The Balaban J connectivity index is 1.72. The molecular weight excluding hydrogens is 334 g/mol.